The average molecular weight is 644 g/mol. The number of nitrogens with one attached hydrogen (secondary N) is 2. The maximum atomic E-state index is 13.0. The van der Waals surface area contributed by atoms with E-state index in [2.05, 4.69) is 90.5 Å². The van der Waals surface area contributed by atoms with Gasteiger partial charge in [0.25, 0.3) is 5.91 Å². The van der Waals surface area contributed by atoms with Crippen LogP contribution in [-0.2, 0) is 6.54 Å². The van der Waals surface area contributed by atoms with Gasteiger partial charge in [-0.25, -0.2) is 15.0 Å². The molecule has 2 aromatic carbocycles. The molecule has 4 heterocycles. The van der Waals surface area contributed by atoms with Crippen molar-refractivity contribution in [2.75, 3.05) is 41.7 Å². The van der Waals surface area contributed by atoms with E-state index in [1.165, 1.54) is 17.0 Å². The fourth-order valence-electron chi connectivity index (χ4n) is 4.59. The second-order valence-corrected chi connectivity index (χ2v) is 11.5. The van der Waals surface area contributed by atoms with E-state index in [1.807, 2.05) is 29.6 Å². The van der Waals surface area contributed by atoms with E-state index >= 15 is 0 Å². The van der Waals surface area contributed by atoms with Crippen molar-refractivity contribution in [3.05, 3.63) is 93.8 Å². The molecular weight excluding hydrogens is 616 g/mol. The van der Waals surface area contributed by atoms with Crippen LogP contribution in [0, 0.1) is 6.92 Å². The molecule has 1 saturated heterocycles. The molecule has 1 aliphatic rings. The number of halogens is 1. The molecule has 5 aromatic rings. The van der Waals surface area contributed by atoms with Gasteiger partial charge in [0, 0.05) is 66.2 Å². The molecule has 0 unspecified atom stereocenters. The molecule has 6 rings (SSSR count). The summed E-state index contributed by atoms with van der Waals surface area (Å²) in [6.45, 7) is 6.48. The maximum absolute atomic E-state index is 13.0. The number of thiazole rings is 1. The van der Waals surface area contributed by atoms with Gasteiger partial charge in [-0.3, -0.25) is 20.3 Å². The normalized spacial score (nSPS) is 13.6. The molecule has 0 saturated carbocycles. The Morgan fingerprint density at radius 2 is 1.62 bits per heavy atom. The van der Waals surface area contributed by atoms with Gasteiger partial charge in [-0.1, -0.05) is 28.1 Å². The molecule has 1 fully saturated rings. The van der Waals surface area contributed by atoms with Gasteiger partial charge in [0.05, 0.1) is 0 Å². The molecule has 0 atom stereocenters. The second kappa shape index (κ2) is 12.7. The fourth-order valence-corrected chi connectivity index (χ4v) is 5.46. The first-order chi connectivity index (χ1) is 20.5. The molecule has 2 N–H and O–H groups in total. The Morgan fingerprint density at radius 3 is 2.36 bits per heavy atom. The largest absolute Gasteiger partial charge is 0.369 e. The van der Waals surface area contributed by atoms with Gasteiger partial charge < -0.3 is 4.90 Å². The first-order valence-corrected chi connectivity index (χ1v) is 15.0. The minimum absolute atomic E-state index is 0.138. The number of benzene rings is 2. The minimum atomic E-state index is -0.303. The number of aryl methyl sites for hydroxylation is 1. The molecule has 0 radical (unpaired) electrons. The summed E-state index contributed by atoms with van der Waals surface area (Å²) in [7, 11) is 0. The van der Waals surface area contributed by atoms with Crippen molar-refractivity contribution in [3.8, 4) is 10.7 Å². The Labute approximate surface area is 255 Å². The van der Waals surface area contributed by atoms with Crippen molar-refractivity contribution in [1.29, 1.82) is 0 Å². The number of anilines is 4. The first kappa shape index (κ1) is 27.8. The molecule has 3 aromatic heterocycles. The van der Waals surface area contributed by atoms with Crippen LogP contribution in [0.4, 0.5) is 23.5 Å². The highest BCUT2D eigenvalue weighted by atomic mass is 79.9. The molecular formula is C29H27BrN10OS. The zero-order valence-corrected chi connectivity index (χ0v) is 25.1. The Morgan fingerprint density at radius 1 is 0.857 bits per heavy atom. The predicted octanol–water partition coefficient (Wildman–Crippen LogP) is 5.17. The van der Waals surface area contributed by atoms with Gasteiger partial charge in [-0.2, -0.15) is 15.0 Å². The van der Waals surface area contributed by atoms with Gasteiger partial charge >= 0.3 is 0 Å². The molecule has 11 nitrogen and oxygen atoms in total. The third-order valence-corrected chi connectivity index (χ3v) is 8.01. The Bertz CT molecular complexity index is 1660. The van der Waals surface area contributed by atoms with E-state index in [9.17, 15) is 4.79 Å². The number of hydrogen-bond donors (Lipinski definition) is 2. The van der Waals surface area contributed by atoms with E-state index in [4.69, 9.17) is 0 Å². The number of carbonyl (C=O) groups excluding carboxylic acids is 1. The van der Waals surface area contributed by atoms with Crippen molar-refractivity contribution < 1.29 is 4.79 Å². The lowest BCUT2D eigenvalue weighted by molar-refractivity contribution is 0.102. The summed E-state index contributed by atoms with van der Waals surface area (Å²) in [6, 6.07) is 17.9. The summed E-state index contributed by atoms with van der Waals surface area (Å²) in [5.74, 6) is 0.817. The van der Waals surface area contributed by atoms with Crippen LogP contribution in [0.15, 0.2) is 76.8 Å². The van der Waals surface area contributed by atoms with Crippen LogP contribution < -0.4 is 15.5 Å². The number of hydrogen-bond acceptors (Lipinski definition) is 11. The van der Waals surface area contributed by atoms with Gasteiger partial charge in [0.1, 0.15) is 16.5 Å². The topological polar surface area (TPSA) is 125 Å². The van der Waals surface area contributed by atoms with Gasteiger partial charge in [0.2, 0.25) is 17.8 Å². The molecule has 1 amide bonds. The Kier molecular flexibility index (Phi) is 8.40. The van der Waals surface area contributed by atoms with Crippen molar-refractivity contribution >= 4 is 56.7 Å². The van der Waals surface area contributed by atoms with Crippen LogP contribution in [0.2, 0.25) is 0 Å². The highest BCUT2D eigenvalue weighted by Crippen LogP contribution is 2.22. The zero-order valence-electron chi connectivity index (χ0n) is 22.7. The number of carbonyl (C=O) groups is 1. The maximum Gasteiger partial charge on any atom is 0.258 e. The number of amides is 1. The predicted molar refractivity (Wildman–Crippen MR) is 167 cm³/mol. The Balaban J connectivity index is 1.04. The number of piperazine rings is 1. The van der Waals surface area contributed by atoms with E-state index in [-0.39, 0.29) is 17.8 Å². The van der Waals surface area contributed by atoms with Crippen molar-refractivity contribution in [3.63, 3.8) is 0 Å². The summed E-state index contributed by atoms with van der Waals surface area (Å²) in [5, 5.41) is 8.43. The highest BCUT2D eigenvalue weighted by molar-refractivity contribution is 9.10. The van der Waals surface area contributed by atoms with E-state index < -0.39 is 0 Å². The van der Waals surface area contributed by atoms with Crippen LogP contribution >= 0.6 is 27.3 Å². The van der Waals surface area contributed by atoms with Crippen LogP contribution in [0.1, 0.15) is 21.7 Å². The molecule has 0 spiro atoms. The third kappa shape index (κ3) is 6.93. The summed E-state index contributed by atoms with van der Waals surface area (Å²) in [4.78, 5) is 43.7. The number of rotatable bonds is 8. The number of aromatic nitrogens is 6. The second-order valence-electron chi connectivity index (χ2n) is 9.65. The van der Waals surface area contributed by atoms with Gasteiger partial charge in [-0.15, -0.1) is 11.3 Å². The minimum Gasteiger partial charge on any atom is -0.369 e. The van der Waals surface area contributed by atoms with Gasteiger partial charge in [-0.05, 0) is 55.0 Å². The standard InChI is InChI=1S/C29H27BrN10OS/c1-19-33-28(38-29(34-19)37-27-32-11-10-24(35-27)26-31-12-17-42-26)36-25(41)21-4-2-20(3-5-21)18-39-13-15-40(16-14-39)23-8-6-22(30)7-9-23/h2-12,17H,13-16,18H2,1H3,(H2,32,33,34,35,36,37,38,41). The molecule has 212 valence electrons. The SMILES string of the molecule is Cc1nc(NC(=O)c2ccc(CN3CCN(c4ccc(Br)cc4)CC3)cc2)nc(Nc2nccc(-c3nccs3)n2)n1. The van der Waals surface area contributed by atoms with Crippen LogP contribution in [0.25, 0.3) is 10.7 Å². The highest BCUT2D eigenvalue weighted by Gasteiger charge is 2.18. The lowest BCUT2D eigenvalue weighted by Crippen LogP contribution is -2.45. The van der Waals surface area contributed by atoms with Gasteiger partial charge in [0.15, 0.2) is 0 Å². The fraction of sp³-hybridized carbons (Fsp3) is 0.207. The molecule has 13 heteroatoms. The van der Waals surface area contributed by atoms with E-state index in [0.717, 1.165) is 47.8 Å². The monoisotopic (exact) mass is 642 g/mol. The average Bonchev–Trinajstić information content (AvgIpc) is 3.54. The van der Waals surface area contributed by atoms with E-state index in [0.29, 0.717) is 23.0 Å². The summed E-state index contributed by atoms with van der Waals surface area (Å²) in [6.07, 6.45) is 3.36. The third-order valence-electron chi connectivity index (χ3n) is 6.69. The van der Waals surface area contributed by atoms with Crippen LogP contribution in [0.5, 0.6) is 0 Å². The van der Waals surface area contributed by atoms with Crippen molar-refractivity contribution in [2.45, 2.75) is 13.5 Å². The molecule has 0 bridgehead atoms. The zero-order chi connectivity index (χ0) is 28.9. The summed E-state index contributed by atoms with van der Waals surface area (Å²) < 4.78 is 1.09. The molecule has 1 aliphatic heterocycles. The smallest absolute Gasteiger partial charge is 0.258 e. The molecule has 0 aliphatic carbocycles. The molecule has 42 heavy (non-hydrogen) atoms. The van der Waals surface area contributed by atoms with Crippen molar-refractivity contribution in [1.82, 2.24) is 34.8 Å². The van der Waals surface area contributed by atoms with Crippen LogP contribution in [-0.4, -0.2) is 66.9 Å². The van der Waals surface area contributed by atoms with Crippen LogP contribution in [0.3, 0.4) is 0 Å². The van der Waals surface area contributed by atoms with Crippen molar-refractivity contribution in [2.24, 2.45) is 0 Å². The lowest BCUT2D eigenvalue weighted by atomic mass is 10.1. The van der Waals surface area contributed by atoms with E-state index in [1.54, 1.807) is 25.4 Å². The quantitative estimate of drug-likeness (QED) is 0.234. The summed E-state index contributed by atoms with van der Waals surface area (Å²) >= 11 is 4.99. The first-order valence-electron chi connectivity index (χ1n) is 13.3. The lowest BCUT2D eigenvalue weighted by Gasteiger charge is -2.36. The Hall–Kier alpha value is -4.33. The summed E-state index contributed by atoms with van der Waals surface area (Å²) in [5.41, 5.74) is 3.61. The number of nitrogens with zero attached hydrogens (tertiary/aromatic N) is 8.